The number of methoxy groups -OCH3 is 1. The van der Waals surface area contributed by atoms with Crippen molar-refractivity contribution in [3.05, 3.63) is 59.2 Å². The monoisotopic (exact) mass is 440 g/mol. The fraction of sp³-hybridized carbons (Fsp3) is 0.375. The Morgan fingerprint density at radius 3 is 2.52 bits per heavy atom. The summed E-state index contributed by atoms with van der Waals surface area (Å²) in [6.07, 6.45) is 0. The van der Waals surface area contributed by atoms with Gasteiger partial charge in [-0.25, -0.2) is 9.37 Å². The Morgan fingerprint density at radius 1 is 1.10 bits per heavy atom. The molecule has 1 saturated heterocycles. The maximum Gasteiger partial charge on any atom is 0.187 e. The van der Waals surface area contributed by atoms with E-state index < -0.39 is 0 Å². The first-order chi connectivity index (χ1) is 15.0. The standard InChI is InChI=1S/C24H29FN4OS/c1-17(2)29-12-10-28(11-13-29)15-18-4-6-19(7-5-18)22-16-31-24(27-22)26-21-14-20(25)8-9-23(21)30-3/h4-9,14,16-17H,10-13,15H2,1-3H3,(H,26,27). The first-order valence-corrected chi connectivity index (χ1v) is 11.5. The lowest BCUT2D eigenvalue weighted by Gasteiger charge is -2.36. The number of nitrogens with zero attached hydrogens (tertiary/aromatic N) is 3. The predicted octanol–water partition coefficient (Wildman–Crippen LogP) is 5.23. The SMILES string of the molecule is COc1ccc(F)cc1Nc1nc(-c2ccc(CN3CCN(C(C)C)CC3)cc2)cs1. The first-order valence-electron chi connectivity index (χ1n) is 10.6. The van der Waals surface area contributed by atoms with Crippen LogP contribution in [0.15, 0.2) is 47.8 Å². The summed E-state index contributed by atoms with van der Waals surface area (Å²) in [4.78, 5) is 9.72. The van der Waals surface area contributed by atoms with Crippen LogP contribution in [0.2, 0.25) is 0 Å². The average Bonchev–Trinajstić information content (AvgIpc) is 3.23. The van der Waals surface area contributed by atoms with Gasteiger partial charge in [0.05, 0.1) is 18.5 Å². The Kier molecular flexibility index (Phi) is 6.85. The number of rotatable bonds is 7. The minimum absolute atomic E-state index is 0.318. The van der Waals surface area contributed by atoms with E-state index in [1.807, 2.05) is 5.38 Å². The normalized spacial score (nSPS) is 15.4. The van der Waals surface area contributed by atoms with Gasteiger partial charge in [-0.2, -0.15) is 0 Å². The highest BCUT2D eigenvalue weighted by Crippen LogP contribution is 2.32. The van der Waals surface area contributed by atoms with E-state index >= 15 is 0 Å². The Morgan fingerprint density at radius 2 is 1.84 bits per heavy atom. The Labute approximate surface area is 187 Å². The second-order valence-corrected chi connectivity index (χ2v) is 8.97. The molecule has 2 heterocycles. The largest absolute Gasteiger partial charge is 0.495 e. The lowest BCUT2D eigenvalue weighted by atomic mass is 10.1. The fourth-order valence-electron chi connectivity index (χ4n) is 3.83. The molecule has 0 amide bonds. The van der Waals surface area contributed by atoms with Crippen LogP contribution in [-0.4, -0.2) is 54.1 Å². The molecular weight excluding hydrogens is 411 g/mol. The van der Waals surface area contributed by atoms with Crippen molar-refractivity contribution in [1.29, 1.82) is 0 Å². The van der Waals surface area contributed by atoms with E-state index in [0.717, 1.165) is 44.0 Å². The van der Waals surface area contributed by atoms with Crippen LogP contribution in [0.25, 0.3) is 11.3 Å². The number of hydrogen-bond donors (Lipinski definition) is 1. The third kappa shape index (κ3) is 5.42. The molecule has 1 aliphatic rings. The average molecular weight is 441 g/mol. The molecule has 31 heavy (non-hydrogen) atoms. The second kappa shape index (κ2) is 9.77. The topological polar surface area (TPSA) is 40.6 Å². The molecule has 7 heteroatoms. The molecule has 0 radical (unpaired) electrons. The van der Waals surface area contributed by atoms with Crippen LogP contribution in [0.3, 0.4) is 0 Å². The Balaban J connectivity index is 1.38. The van der Waals surface area contributed by atoms with E-state index in [2.05, 4.69) is 58.2 Å². The number of hydrogen-bond acceptors (Lipinski definition) is 6. The molecular formula is C24H29FN4OS. The summed E-state index contributed by atoms with van der Waals surface area (Å²) in [7, 11) is 1.57. The van der Waals surface area contributed by atoms with Crippen LogP contribution in [-0.2, 0) is 6.54 Å². The van der Waals surface area contributed by atoms with Crippen molar-refractivity contribution in [1.82, 2.24) is 14.8 Å². The second-order valence-electron chi connectivity index (χ2n) is 8.11. The molecule has 1 fully saturated rings. The van der Waals surface area contributed by atoms with Gasteiger partial charge in [0.2, 0.25) is 0 Å². The van der Waals surface area contributed by atoms with Crippen LogP contribution < -0.4 is 10.1 Å². The number of benzene rings is 2. The summed E-state index contributed by atoms with van der Waals surface area (Å²) in [6, 6.07) is 13.6. The molecule has 1 N–H and O–H groups in total. The minimum Gasteiger partial charge on any atom is -0.495 e. The molecule has 5 nitrogen and oxygen atoms in total. The van der Waals surface area contributed by atoms with Gasteiger partial charge in [0.25, 0.3) is 0 Å². The molecule has 2 aromatic carbocycles. The molecule has 0 spiro atoms. The van der Waals surface area contributed by atoms with E-state index in [4.69, 9.17) is 4.74 Å². The number of anilines is 2. The van der Waals surface area contributed by atoms with Crippen molar-refractivity contribution in [3.63, 3.8) is 0 Å². The van der Waals surface area contributed by atoms with E-state index in [-0.39, 0.29) is 5.82 Å². The number of aromatic nitrogens is 1. The van der Waals surface area contributed by atoms with E-state index in [0.29, 0.717) is 22.6 Å². The number of ether oxygens (including phenoxy) is 1. The molecule has 0 bridgehead atoms. The molecule has 1 aromatic heterocycles. The number of nitrogens with one attached hydrogen (secondary N) is 1. The summed E-state index contributed by atoms with van der Waals surface area (Å²) < 4.78 is 18.9. The number of halogens is 1. The molecule has 0 aliphatic carbocycles. The van der Waals surface area contributed by atoms with Gasteiger partial charge >= 0.3 is 0 Å². The third-order valence-electron chi connectivity index (χ3n) is 5.70. The zero-order valence-corrected chi connectivity index (χ0v) is 19.1. The quantitative estimate of drug-likeness (QED) is 0.545. The fourth-order valence-corrected chi connectivity index (χ4v) is 4.57. The molecule has 0 atom stereocenters. The molecule has 164 valence electrons. The number of thiazole rings is 1. The summed E-state index contributed by atoms with van der Waals surface area (Å²) in [6.45, 7) is 10.0. The zero-order valence-electron chi connectivity index (χ0n) is 18.3. The lowest BCUT2D eigenvalue weighted by Crippen LogP contribution is -2.48. The molecule has 3 aromatic rings. The highest BCUT2D eigenvalue weighted by molar-refractivity contribution is 7.14. The third-order valence-corrected chi connectivity index (χ3v) is 6.46. The van der Waals surface area contributed by atoms with Crippen molar-refractivity contribution in [2.75, 3.05) is 38.6 Å². The summed E-state index contributed by atoms with van der Waals surface area (Å²) in [5.41, 5.74) is 3.86. The van der Waals surface area contributed by atoms with Gasteiger partial charge in [-0.1, -0.05) is 24.3 Å². The Bertz CT molecular complexity index is 997. The molecule has 4 rings (SSSR count). The zero-order chi connectivity index (χ0) is 21.8. The molecule has 0 unspecified atom stereocenters. The summed E-state index contributed by atoms with van der Waals surface area (Å²) in [5.74, 6) is 0.262. The van der Waals surface area contributed by atoms with Crippen molar-refractivity contribution in [2.24, 2.45) is 0 Å². The van der Waals surface area contributed by atoms with Gasteiger partial charge in [-0.05, 0) is 31.5 Å². The van der Waals surface area contributed by atoms with Crippen LogP contribution >= 0.6 is 11.3 Å². The van der Waals surface area contributed by atoms with Crippen molar-refractivity contribution in [2.45, 2.75) is 26.4 Å². The van der Waals surface area contributed by atoms with Crippen LogP contribution in [0.4, 0.5) is 15.2 Å². The van der Waals surface area contributed by atoms with E-state index in [1.54, 1.807) is 13.2 Å². The highest BCUT2D eigenvalue weighted by atomic mass is 32.1. The maximum absolute atomic E-state index is 13.6. The van der Waals surface area contributed by atoms with Gasteiger partial charge in [0.1, 0.15) is 11.6 Å². The van der Waals surface area contributed by atoms with Gasteiger partial charge in [0, 0.05) is 55.8 Å². The van der Waals surface area contributed by atoms with Crippen LogP contribution in [0.1, 0.15) is 19.4 Å². The summed E-state index contributed by atoms with van der Waals surface area (Å²) >= 11 is 1.49. The Hall–Kier alpha value is -2.48. The predicted molar refractivity (Wildman–Crippen MR) is 126 cm³/mol. The smallest absolute Gasteiger partial charge is 0.187 e. The maximum atomic E-state index is 13.6. The number of piperazine rings is 1. The van der Waals surface area contributed by atoms with Crippen molar-refractivity contribution >= 4 is 22.2 Å². The summed E-state index contributed by atoms with van der Waals surface area (Å²) in [5, 5.41) is 5.87. The highest BCUT2D eigenvalue weighted by Gasteiger charge is 2.18. The lowest BCUT2D eigenvalue weighted by molar-refractivity contribution is 0.104. The first kappa shape index (κ1) is 21.7. The van der Waals surface area contributed by atoms with Crippen molar-refractivity contribution in [3.8, 4) is 17.0 Å². The van der Waals surface area contributed by atoms with Crippen LogP contribution in [0.5, 0.6) is 5.75 Å². The van der Waals surface area contributed by atoms with Crippen molar-refractivity contribution < 1.29 is 9.13 Å². The van der Waals surface area contributed by atoms with Gasteiger partial charge < -0.3 is 10.1 Å². The van der Waals surface area contributed by atoms with Crippen LogP contribution in [0, 0.1) is 5.82 Å². The molecule has 1 aliphatic heterocycles. The van der Waals surface area contributed by atoms with Gasteiger partial charge in [0.15, 0.2) is 5.13 Å². The van der Waals surface area contributed by atoms with E-state index in [1.165, 1.54) is 29.0 Å². The van der Waals surface area contributed by atoms with Gasteiger partial charge in [-0.3, -0.25) is 9.80 Å². The minimum atomic E-state index is -0.318. The van der Waals surface area contributed by atoms with E-state index in [9.17, 15) is 4.39 Å². The molecule has 0 saturated carbocycles. The van der Waals surface area contributed by atoms with Gasteiger partial charge in [-0.15, -0.1) is 11.3 Å².